The average Bonchev–Trinajstić information content (AvgIpc) is 2.67. The van der Waals surface area contributed by atoms with Crippen molar-refractivity contribution in [1.29, 1.82) is 0 Å². The Morgan fingerprint density at radius 1 is 1.11 bits per heavy atom. The summed E-state index contributed by atoms with van der Waals surface area (Å²) in [6.07, 6.45) is 0. The molecule has 1 aliphatic rings. The molecule has 2 aromatic carbocycles. The molecular formula is C20H28N3O3S+. The third-order valence-electron chi connectivity index (χ3n) is 5.36. The number of carbonyl (C=O) groups is 1. The summed E-state index contributed by atoms with van der Waals surface area (Å²) in [7, 11) is -1.70. The number of hydrogen-bond acceptors (Lipinski definition) is 3. The van der Waals surface area contributed by atoms with Crippen LogP contribution in [0.1, 0.15) is 13.8 Å². The topological polar surface area (TPSA) is 62.1 Å². The number of nitrogens with one attached hydrogen (secondary N) is 1. The summed E-state index contributed by atoms with van der Waals surface area (Å²) in [6.45, 7) is 6.54. The van der Waals surface area contributed by atoms with Gasteiger partial charge in [-0.1, -0.05) is 30.3 Å². The van der Waals surface area contributed by atoms with E-state index in [0.717, 1.165) is 15.7 Å². The van der Waals surface area contributed by atoms with E-state index >= 15 is 0 Å². The second-order valence-electron chi connectivity index (χ2n) is 7.44. The first-order valence-electron chi connectivity index (χ1n) is 9.37. The molecular weight excluding hydrogens is 362 g/mol. The van der Waals surface area contributed by atoms with Crippen LogP contribution in [-0.2, 0) is 14.8 Å². The summed E-state index contributed by atoms with van der Waals surface area (Å²) in [5.41, 5.74) is 0. The number of nitrogens with zero attached hydrogens (tertiary/aromatic N) is 2. The minimum atomic E-state index is -3.51. The van der Waals surface area contributed by atoms with Gasteiger partial charge in [-0.25, -0.2) is 8.42 Å². The Balaban J connectivity index is 1.66. The van der Waals surface area contributed by atoms with Gasteiger partial charge in [-0.3, -0.25) is 4.79 Å². The van der Waals surface area contributed by atoms with Gasteiger partial charge in [0.25, 0.3) is 5.91 Å². The molecule has 2 aromatic rings. The van der Waals surface area contributed by atoms with Gasteiger partial charge >= 0.3 is 0 Å². The highest BCUT2D eigenvalue weighted by molar-refractivity contribution is 7.89. The van der Waals surface area contributed by atoms with E-state index in [1.165, 1.54) is 4.31 Å². The highest BCUT2D eigenvalue weighted by Crippen LogP contribution is 2.21. The number of likely N-dealkylation sites (N-methyl/N-ethyl adjacent to an activating group) is 1. The molecule has 1 fully saturated rings. The second kappa shape index (κ2) is 7.96. The van der Waals surface area contributed by atoms with Crippen molar-refractivity contribution in [2.24, 2.45) is 0 Å². The van der Waals surface area contributed by atoms with Crippen LogP contribution in [-0.4, -0.2) is 69.3 Å². The van der Waals surface area contributed by atoms with E-state index in [-0.39, 0.29) is 11.9 Å². The van der Waals surface area contributed by atoms with Crippen molar-refractivity contribution in [2.75, 3.05) is 39.8 Å². The normalized spacial score (nSPS) is 16.7. The first kappa shape index (κ1) is 19.8. The fourth-order valence-corrected chi connectivity index (χ4v) is 4.80. The molecule has 6 nitrogen and oxygen atoms in total. The van der Waals surface area contributed by atoms with Crippen molar-refractivity contribution in [1.82, 2.24) is 9.21 Å². The van der Waals surface area contributed by atoms with Crippen LogP contribution < -0.4 is 4.90 Å². The summed E-state index contributed by atoms with van der Waals surface area (Å²) >= 11 is 0. The number of rotatable bonds is 5. The maximum atomic E-state index is 13.0. The van der Waals surface area contributed by atoms with Crippen molar-refractivity contribution >= 4 is 26.7 Å². The molecule has 0 aromatic heterocycles. The monoisotopic (exact) mass is 390 g/mol. The Labute approximate surface area is 161 Å². The zero-order valence-electron chi connectivity index (χ0n) is 16.2. The molecule has 1 amide bonds. The molecule has 0 atom stereocenters. The molecule has 7 heteroatoms. The third-order valence-corrected chi connectivity index (χ3v) is 7.25. The molecule has 27 heavy (non-hydrogen) atoms. The van der Waals surface area contributed by atoms with Crippen molar-refractivity contribution < 1.29 is 18.1 Å². The van der Waals surface area contributed by atoms with Crippen molar-refractivity contribution in [3.63, 3.8) is 0 Å². The van der Waals surface area contributed by atoms with Crippen molar-refractivity contribution in [2.45, 2.75) is 24.8 Å². The van der Waals surface area contributed by atoms with E-state index in [1.54, 1.807) is 17.0 Å². The fraction of sp³-hybridized carbons (Fsp3) is 0.450. The van der Waals surface area contributed by atoms with Gasteiger partial charge in [-0.2, -0.15) is 4.31 Å². The largest absolute Gasteiger partial charge is 0.338 e. The molecule has 0 radical (unpaired) electrons. The van der Waals surface area contributed by atoms with Crippen LogP contribution in [0.3, 0.4) is 0 Å². The minimum absolute atomic E-state index is 0.103. The smallest absolute Gasteiger partial charge is 0.277 e. The van der Waals surface area contributed by atoms with E-state index in [4.69, 9.17) is 0 Å². The Bertz CT molecular complexity index is 919. The lowest BCUT2D eigenvalue weighted by Crippen LogP contribution is -3.15. The van der Waals surface area contributed by atoms with Crippen LogP contribution in [0.2, 0.25) is 0 Å². The zero-order valence-corrected chi connectivity index (χ0v) is 17.0. The van der Waals surface area contributed by atoms with Gasteiger partial charge in [0.2, 0.25) is 10.0 Å². The standard InChI is InChI=1S/C20H27N3O3S/c1-16(2)21(3)20(24)15-22-10-12-23(13-11-22)27(25,26)19-9-8-17-6-4-5-7-18(17)14-19/h4-9,14,16H,10-13,15H2,1-3H3/p+1. The van der Waals surface area contributed by atoms with Gasteiger partial charge in [0.05, 0.1) is 31.1 Å². The molecule has 1 aliphatic heterocycles. The van der Waals surface area contributed by atoms with Gasteiger partial charge in [0.15, 0.2) is 6.54 Å². The van der Waals surface area contributed by atoms with Crippen LogP contribution in [0.15, 0.2) is 47.4 Å². The predicted octanol–water partition coefficient (Wildman–Crippen LogP) is 0.596. The number of fused-ring (bicyclic) bond motifs is 1. The predicted molar refractivity (Wildman–Crippen MR) is 106 cm³/mol. The molecule has 0 bridgehead atoms. The summed E-state index contributed by atoms with van der Waals surface area (Å²) in [6, 6.07) is 13.2. The summed E-state index contributed by atoms with van der Waals surface area (Å²) < 4.78 is 27.5. The molecule has 1 N–H and O–H groups in total. The van der Waals surface area contributed by atoms with E-state index < -0.39 is 10.0 Å². The number of amides is 1. The van der Waals surface area contributed by atoms with Crippen LogP contribution in [0, 0.1) is 0 Å². The average molecular weight is 391 g/mol. The number of carbonyl (C=O) groups excluding carboxylic acids is 1. The zero-order chi connectivity index (χ0) is 19.6. The van der Waals surface area contributed by atoms with E-state index in [9.17, 15) is 13.2 Å². The van der Waals surface area contributed by atoms with Gasteiger partial charge in [0, 0.05) is 13.1 Å². The Morgan fingerprint density at radius 2 is 1.74 bits per heavy atom. The SMILES string of the molecule is CC(C)N(C)C(=O)C[NH+]1CCN(S(=O)(=O)c2ccc3ccccc3c2)CC1. The quantitative estimate of drug-likeness (QED) is 0.813. The Hall–Kier alpha value is -1.96. The van der Waals surface area contributed by atoms with Gasteiger partial charge < -0.3 is 9.80 Å². The Morgan fingerprint density at radius 3 is 2.37 bits per heavy atom. The number of hydrogen-bond donors (Lipinski definition) is 1. The van der Waals surface area contributed by atoms with E-state index in [0.29, 0.717) is 37.6 Å². The van der Waals surface area contributed by atoms with Crippen LogP contribution >= 0.6 is 0 Å². The number of quaternary nitrogens is 1. The first-order chi connectivity index (χ1) is 12.8. The lowest BCUT2D eigenvalue weighted by Gasteiger charge is -2.32. The number of benzene rings is 2. The van der Waals surface area contributed by atoms with Crippen LogP contribution in [0.5, 0.6) is 0 Å². The fourth-order valence-electron chi connectivity index (χ4n) is 3.32. The third kappa shape index (κ3) is 4.31. The van der Waals surface area contributed by atoms with Gasteiger partial charge in [-0.05, 0) is 36.8 Å². The lowest BCUT2D eigenvalue weighted by molar-refractivity contribution is -0.896. The van der Waals surface area contributed by atoms with Gasteiger partial charge in [0.1, 0.15) is 0 Å². The molecule has 1 heterocycles. The first-order valence-corrected chi connectivity index (χ1v) is 10.8. The van der Waals surface area contributed by atoms with Crippen LogP contribution in [0.4, 0.5) is 0 Å². The summed E-state index contributed by atoms with van der Waals surface area (Å²) in [4.78, 5) is 15.5. The second-order valence-corrected chi connectivity index (χ2v) is 9.38. The lowest BCUT2D eigenvalue weighted by atomic mass is 10.1. The van der Waals surface area contributed by atoms with Crippen molar-refractivity contribution in [3.8, 4) is 0 Å². The maximum Gasteiger partial charge on any atom is 0.277 e. The molecule has 146 valence electrons. The summed E-state index contributed by atoms with van der Waals surface area (Å²) in [5, 5.41) is 1.95. The van der Waals surface area contributed by atoms with Gasteiger partial charge in [-0.15, -0.1) is 0 Å². The number of piperazine rings is 1. The van der Waals surface area contributed by atoms with Crippen molar-refractivity contribution in [3.05, 3.63) is 42.5 Å². The summed E-state index contributed by atoms with van der Waals surface area (Å²) in [5.74, 6) is 0.103. The number of sulfonamides is 1. The highest BCUT2D eigenvalue weighted by Gasteiger charge is 2.31. The van der Waals surface area contributed by atoms with E-state index in [2.05, 4.69) is 0 Å². The van der Waals surface area contributed by atoms with E-state index in [1.807, 2.05) is 51.2 Å². The molecule has 0 unspecified atom stereocenters. The highest BCUT2D eigenvalue weighted by atomic mass is 32.2. The molecule has 0 aliphatic carbocycles. The van der Waals surface area contributed by atoms with Crippen LogP contribution in [0.25, 0.3) is 10.8 Å². The minimum Gasteiger partial charge on any atom is -0.338 e. The Kier molecular flexibility index (Phi) is 5.83. The molecule has 3 rings (SSSR count). The molecule has 0 spiro atoms. The molecule has 0 saturated carbocycles. The molecule has 1 saturated heterocycles. The maximum absolute atomic E-state index is 13.0.